The summed E-state index contributed by atoms with van der Waals surface area (Å²) in [5, 5.41) is 7.02. The standard InChI is InChI=1S/C20H38N4O2.HI/c1-5-20(6-2)16(15-17(20)26-8-4)23-19(21-7-3)22-12-10-14-24-13-9-11-18(24)25;/h16-17H,5-15H2,1-4H3,(H2,21,22,23);1H. The minimum Gasteiger partial charge on any atom is -0.378 e. The van der Waals surface area contributed by atoms with Crippen molar-refractivity contribution in [1.82, 2.24) is 15.5 Å². The first-order valence-electron chi connectivity index (χ1n) is 10.5. The number of aliphatic imine (C=N–C) groups is 1. The molecule has 0 spiro atoms. The van der Waals surface area contributed by atoms with Crippen LogP contribution < -0.4 is 10.6 Å². The van der Waals surface area contributed by atoms with Crippen molar-refractivity contribution in [3.05, 3.63) is 0 Å². The van der Waals surface area contributed by atoms with Crippen LogP contribution in [0.2, 0.25) is 0 Å². The molecule has 0 bridgehead atoms. The number of nitrogens with zero attached hydrogens (tertiary/aromatic N) is 2. The van der Waals surface area contributed by atoms with E-state index < -0.39 is 0 Å². The van der Waals surface area contributed by atoms with Crippen LogP contribution in [0.25, 0.3) is 0 Å². The molecule has 2 fully saturated rings. The number of hydrogen-bond acceptors (Lipinski definition) is 3. The summed E-state index contributed by atoms with van der Waals surface area (Å²) < 4.78 is 5.98. The lowest BCUT2D eigenvalue weighted by Crippen LogP contribution is -2.65. The third kappa shape index (κ3) is 5.95. The summed E-state index contributed by atoms with van der Waals surface area (Å²) in [4.78, 5) is 18.4. The number of likely N-dealkylation sites (tertiary alicyclic amines) is 1. The fourth-order valence-electron chi connectivity index (χ4n) is 4.46. The maximum atomic E-state index is 11.7. The second-order valence-corrected chi connectivity index (χ2v) is 7.42. The second kappa shape index (κ2) is 12.1. The smallest absolute Gasteiger partial charge is 0.222 e. The van der Waals surface area contributed by atoms with Crippen LogP contribution in [0.15, 0.2) is 4.99 Å². The van der Waals surface area contributed by atoms with Crippen LogP contribution in [0, 0.1) is 5.41 Å². The van der Waals surface area contributed by atoms with Crippen LogP contribution in [0.5, 0.6) is 0 Å². The molecule has 7 heteroatoms. The molecule has 1 aliphatic heterocycles. The zero-order valence-electron chi connectivity index (χ0n) is 17.6. The maximum Gasteiger partial charge on any atom is 0.222 e. The Morgan fingerprint density at radius 3 is 2.59 bits per heavy atom. The van der Waals surface area contributed by atoms with E-state index in [1.54, 1.807) is 0 Å². The average molecular weight is 494 g/mol. The van der Waals surface area contributed by atoms with Crippen LogP contribution in [-0.4, -0.2) is 61.7 Å². The van der Waals surface area contributed by atoms with Crippen molar-refractivity contribution >= 4 is 35.8 Å². The van der Waals surface area contributed by atoms with Crippen molar-refractivity contribution in [2.45, 2.75) is 78.4 Å². The number of rotatable bonds is 10. The highest BCUT2D eigenvalue weighted by Crippen LogP contribution is 2.48. The van der Waals surface area contributed by atoms with Gasteiger partial charge in [0, 0.05) is 50.7 Å². The second-order valence-electron chi connectivity index (χ2n) is 7.42. The largest absolute Gasteiger partial charge is 0.378 e. The topological polar surface area (TPSA) is 66.0 Å². The Hall–Kier alpha value is -0.570. The van der Waals surface area contributed by atoms with Gasteiger partial charge in [-0.1, -0.05) is 13.8 Å². The summed E-state index contributed by atoms with van der Waals surface area (Å²) in [6.07, 6.45) is 6.26. The summed E-state index contributed by atoms with van der Waals surface area (Å²) in [6, 6.07) is 0.409. The number of amides is 1. The number of hydrogen-bond donors (Lipinski definition) is 2. The van der Waals surface area contributed by atoms with Gasteiger partial charge in [-0.2, -0.15) is 0 Å². The molecule has 1 heterocycles. The lowest BCUT2D eigenvalue weighted by molar-refractivity contribution is -0.133. The van der Waals surface area contributed by atoms with Crippen molar-refractivity contribution in [2.24, 2.45) is 10.4 Å². The molecule has 0 aromatic heterocycles. The van der Waals surface area contributed by atoms with E-state index in [0.717, 1.165) is 70.8 Å². The lowest BCUT2D eigenvalue weighted by atomic mass is 9.58. The van der Waals surface area contributed by atoms with Crippen molar-refractivity contribution in [1.29, 1.82) is 0 Å². The first-order chi connectivity index (χ1) is 12.6. The Bertz CT molecular complexity index is 483. The van der Waals surface area contributed by atoms with Crippen LogP contribution in [-0.2, 0) is 9.53 Å². The summed E-state index contributed by atoms with van der Waals surface area (Å²) in [5.74, 6) is 1.19. The molecule has 0 aromatic carbocycles. The lowest BCUT2D eigenvalue weighted by Gasteiger charge is -2.55. The molecular formula is C20H39IN4O2. The molecule has 2 rings (SSSR count). The van der Waals surface area contributed by atoms with Gasteiger partial charge >= 0.3 is 0 Å². The zero-order chi connectivity index (χ0) is 19.0. The van der Waals surface area contributed by atoms with Crippen molar-refractivity contribution in [3.8, 4) is 0 Å². The number of nitrogens with one attached hydrogen (secondary N) is 2. The van der Waals surface area contributed by atoms with Gasteiger partial charge < -0.3 is 20.3 Å². The normalized spacial score (nSPS) is 24.4. The van der Waals surface area contributed by atoms with Gasteiger partial charge in [-0.05, 0) is 46.0 Å². The Labute approximate surface area is 182 Å². The number of halogens is 1. The van der Waals surface area contributed by atoms with Crippen LogP contribution in [0.4, 0.5) is 0 Å². The molecule has 2 atom stereocenters. The summed E-state index contributed by atoms with van der Waals surface area (Å²) in [6.45, 7) is 12.8. The Morgan fingerprint density at radius 2 is 2.04 bits per heavy atom. The highest BCUT2D eigenvalue weighted by atomic mass is 127. The molecule has 2 aliphatic rings. The molecule has 2 unspecified atom stereocenters. The van der Waals surface area contributed by atoms with Crippen LogP contribution >= 0.6 is 24.0 Å². The van der Waals surface area contributed by atoms with E-state index in [9.17, 15) is 4.79 Å². The van der Waals surface area contributed by atoms with Gasteiger partial charge in [0.15, 0.2) is 5.96 Å². The summed E-state index contributed by atoms with van der Waals surface area (Å²) in [5.41, 5.74) is 0.203. The van der Waals surface area contributed by atoms with Gasteiger partial charge in [-0.3, -0.25) is 9.79 Å². The fourth-order valence-corrected chi connectivity index (χ4v) is 4.46. The SMILES string of the molecule is CCNC(=NCCCN1CCCC1=O)NC1CC(OCC)C1(CC)CC.I. The molecule has 158 valence electrons. The molecular weight excluding hydrogens is 455 g/mol. The Morgan fingerprint density at radius 1 is 1.30 bits per heavy atom. The molecule has 2 N–H and O–H groups in total. The fraction of sp³-hybridized carbons (Fsp3) is 0.900. The van der Waals surface area contributed by atoms with E-state index in [1.807, 2.05) is 4.90 Å². The average Bonchev–Trinajstić information content (AvgIpc) is 3.04. The van der Waals surface area contributed by atoms with Crippen molar-refractivity contribution in [2.75, 3.05) is 32.8 Å². The number of carbonyl (C=O) groups excluding carboxylic acids is 1. The molecule has 1 saturated carbocycles. The molecule has 27 heavy (non-hydrogen) atoms. The van der Waals surface area contributed by atoms with E-state index in [1.165, 1.54) is 0 Å². The van der Waals surface area contributed by atoms with Gasteiger partial charge in [-0.25, -0.2) is 0 Å². The first kappa shape index (κ1) is 24.5. The van der Waals surface area contributed by atoms with Gasteiger partial charge in [0.2, 0.25) is 5.91 Å². The molecule has 6 nitrogen and oxygen atoms in total. The van der Waals surface area contributed by atoms with Crippen molar-refractivity contribution in [3.63, 3.8) is 0 Å². The minimum atomic E-state index is 0. The predicted molar refractivity (Wildman–Crippen MR) is 122 cm³/mol. The van der Waals surface area contributed by atoms with E-state index >= 15 is 0 Å². The predicted octanol–water partition coefficient (Wildman–Crippen LogP) is 3.16. The molecule has 0 aromatic rings. The van der Waals surface area contributed by atoms with Crippen LogP contribution in [0.1, 0.15) is 66.2 Å². The van der Waals surface area contributed by atoms with Gasteiger partial charge in [0.05, 0.1) is 6.10 Å². The number of guanidine groups is 1. The molecule has 0 radical (unpaired) electrons. The van der Waals surface area contributed by atoms with E-state index in [0.29, 0.717) is 24.5 Å². The van der Waals surface area contributed by atoms with Gasteiger partial charge in [0.25, 0.3) is 0 Å². The van der Waals surface area contributed by atoms with E-state index in [-0.39, 0.29) is 29.4 Å². The number of carbonyl (C=O) groups is 1. The third-order valence-corrected chi connectivity index (χ3v) is 6.15. The van der Waals surface area contributed by atoms with E-state index in [4.69, 9.17) is 9.73 Å². The maximum absolute atomic E-state index is 11.7. The molecule has 1 saturated heterocycles. The highest BCUT2D eigenvalue weighted by Gasteiger charge is 2.53. The molecule has 1 aliphatic carbocycles. The Balaban J connectivity index is 0.00000364. The van der Waals surface area contributed by atoms with E-state index in [2.05, 4.69) is 38.3 Å². The summed E-state index contributed by atoms with van der Waals surface area (Å²) >= 11 is 0. The van der Waals surface area contributed by atoms with Gasteiger partial charge in [0.1, 0.15) is 0 Å². The Kier molecular flexibility index (Phi) is 11.0. The van der Waals surface area contributed by atoms with Crippen LogP contribution in [0.3, 0.4) is 0 Å². The minimum absolute atomic E-state index is 0. The zero-order valence-corrected chi connectivity index (χ0v) is 19.9. The first-order valence-corrected chi connectivity index (χ1v) is 10.5. The number of ether oxygens (including phenoxy) is 1. The van der Waals surface area contributed by atoms with Gasteiger partial charge in [-0.15, -0.1) is 24.0 Å². The monoisotopic (exact) mass is 494 g/mol. The highest BCUT2D eigenvalue weighted by molar-refractivity contribution is 14.0. The van der Waals surface area contributed by atoms with Crippen molar-refractivity contribution < 1.29 is 9.53 Å². The summed E-state index contributed by atoms with van der Waals surface area (Å²) in [7, 11) is 0. The quantitative estimate of drug-likeness (QED) is 0.212. The third-order valence-electron chi connectivity index (χ3n) is 6.15. The molecule has 1 amide bonds.